The lowest BCUT2D eigenvalue weighted by atomic mass is 10.1. The van der Waals surface area contributed by atoms with E-state index in [1.807, 2.05) is 36.4 Å². The summed E-state index contributed by atoms with van der Waals surface area (Å²) >= 11 is 2.16. The lowest BCUT2D eigenvalue weighted by molar-refractivity contribution is -0.129. The highest BCUT2D eigenvalue weighted by Crippen LogP contribution is 2.31. The third kappa shape index (κ3) is 4.21. The molecule has 0 bridgehead atoms. The van der Waals surface area contributed by atoms with Crippen molar-refractivity contribution in [3.8, 4) is 6.07 Å². The quantitative estimate of drug-likeness (QED) is 0.682. The maximum Gasteiger partial charge on any atom is 0.292 e. The van der Waals surface area contributed by atoms with E-state index in [1.54, 1.807) is 23.1 Å². The fraction of sp³-hybridized carbons (Fsp3) is 0.238. The minimum absolute atomic E-state index is 0.120. The summed E-state index contributed by atoms with van der Waals surface area (Å²) in [7, 11) is 0. The second-order valence-corrected chi connectivity index (χ2v) is 8.63. The Morgan fingerprint density at radius 2 is 1.93 bits per heavy atom. The number of fused-ring (bicyclic) bond motifs is 1. The second-order valence-electron chi connectivity index (χ2n) is 6.69. The molecule has 4 rings (SSSR count). The number of nitrogens with zero attached hydrogens (tertiary/aromatic N) is 3. The van der Waals surface area contributed by atoms with Crippen molar-refractivity contribution in [2.24, 2.45) is 0 Å². The van der Waals surface area contributed by atoms with Gasteiger partial charge in [-0.05, 0) is 23.8 Å². The van der Waals surface area contributed by atoms with Crippen LogP contribution in [-0.2, 0) is 16.1 Å². The first-order valence-corrected chi connectivity index (χ1v) is 11.0. The molecule has 1 unspecified atom stereocenters. The van der Waals surface area contributed by atoms with Crippen molar-refractivity contribution in [2.45, 2.75) is 17.7 Å². The number of benzene rings is 2. The molecule has 2 aromatic carbocycles. The number of carbonyl (C=O) groups excluding carboxylic acids is 3. The zero-order valence-electron chi connectivity index (χ0n) is 15.8. The summed E-state index contributed by atoms with van der Waals surface area (Å²) in [6.07, 6.45) is -0.965. The zero-order valence-corrected chi connectivity index (χ0v) is 17.4. The lowest BCUT2D eigenvalue weighted by Crippen LogP contribution is -2.41. The molecule has 0 aliphatic carbocycles. The normalized spacial score (nSPS) is 18.5. The van der Waals surface area contributed by atoms with E-state index < -0.39 is 6.23 Å². The first-order valence-electron chi connectivity index (χ1n) is 9.21. The third-order valence-electron chi connectivity index (χ3n) is 4.74. The van der Waals surface area contributed by atoms with Crippen molar-refractivity contribution in [1.29, 1.82) is 5.26 Å². The second kappa shape index (κ2) is 8.92. The Hall–Kier alpha value is -2.80. The van der Waals surface area contributed by atoms with Crippen LogP contribution in [0.5, 0.6) is 0 Å². The van der Waals surface area contributed by atoms with Crippen LogP contribution in [0, 0.1) is 11.3 Å². The van der Waals surface area contributed by atoms with Gasteiger partial charge in [0.2, 0.25) is 11.3 Å². The SMILES string of the molecule is N#Cc1ccc2c(c1)C(=O)N(CCOC1C(=O)SC(=O)N1Cc1ccccc1)CS2. The van der Waals surface area contributed by atoms with Crippen molar-refractivity contribution in [3.05, 3.63) is 65.2 Å². The highest BCUT2D eigenvalue weighted by atomic mass is 32.2. The van der Waals surface area contributed by atoms with Crippen LogP contribution in [0.25, 0.3) is 0 Å². The number of carbonyl (C=O) groups is 3. The van der Waals surface area contributed by atoms with Gasteiger partial charge in [-0.15, -0.1) is 11.8 Å². The van der Waals surface area contributed by atoms with Crippen LogP contribution in [0.15, 0.2) is 53.4 Å². The maximum atomic E-state index is 12.7. The van der Waals surface area contributed by atoms with Crippen LogP contribution in [0.3, 0.4) is 0 Å². The van der Waals surface area contributed by atoms with Gasteiger partial charge in [0.1, 0.15) is 0 Å². The molecule has 7 nitrogen and oxygen atoms in total. The first-order chi connectivity index (χ1) is 14.6. The Labute approximate surface area is 182 Å². The number of amides is 2. The standard InChI is InChI=1S/C21H17N3O4S2/c22-11-15-6-7-17-16(10-15)18(25)23(13-29-17)8-9-28-19-20(26)30-21(27)24(19)12-14-4-2-1-3-5-14/h1-7,10,19H,8-9,12-13H2. The predicted octanol–water partition coefficient (Wildman–Crippen LogP) is 3.30. The molecule has 2 heterocycles. The summed E-state index contributed by atoms with van der Waals surface area (Å²) in [5, 5.41) is 8.38. The van der Waals surface area contributed by atoms with Gasteiger partial charge in [-0.2, -0.15) is 5.26 Å². The van der Waals surface area contributed by atoms with Gasteiger partial charge in [-0.25, -0.2) is 0 Å². The molecule has 2 amide bonds. The van der Waals surface area contributed by atoms with Crippen LogP contribution in [0.2, 0.25) is 0 Å². The van der Waals surface area contributed by atoms with Gasteiger partial charge in [0.15, 0.2) is 0 Å². The Balaban J connectivity index is 1.38. The number of hydrogen-bond donors (Lipinski definition) is 0. The van der Waals surface area contributed by atoms with Crippen molar-refractivity contribution in [3.63, 3.8) is 0 Å². The number of rotatable bonds is 6. The molecule has 2 aliphatic heterocycles. The Morgan fingerprint density at radius 3 is 2.70 bits per heavy atom. The van der Waals surface area contributed by atoms with Gasteiger partial charge in [-0.3, -0.25) is 19.3 Å². The van der Waals surface area contributed by atoms with Gasteiger partial charge in [0.05, 0.1) is 29.7 Å². The van der Waals surface area contributed by atoms with E-state index in [2.05, 4.69) is 0 Å². The molecule has 0 saturated carbocycles. The van der Waals surface area contributed by atoms with Crippen molar-refractivity contribution in [2.75, 3.05) is 19.0 Å². The number of nitriles is 1. The highest BCUT2D eigenvalue weighted by molar-refractivity contribution is 8.26. The maximum absolute atomic E-state index is 12.7. The molecule has 2 aliphatic rings. The molecule has 1 saturated heterocycles. The minimum Gasteiger partial charge on any atom is -0.348 e. The molecule has 1 fully saturated rings. The number of ether oxygens (including phenoxy) is 1. The fourth-order valence-corrected chi connectivity index (χ4v) is 4.97. The van der Waals surface area contributed by atoms with E-state index in [-0.39, 0.29) is 36.0 Å². The average Bonchev–Trinajstić information content (AvgIpc) is 3.03. The summed E-state index contributed by atoms with van der Waals surface area (Å²) in [4.78, 5) is 41.0. The van der Waals surface area contributed by atoms with E-state index in [4.69, 9.17) is 10.00 Å². The summed E-state index contributed by atoms with van der Waals surface area (Å²) in [6.45, 7) is 0.685. The monoisotopic (exact) mass is 439 g/mol. The average molecular weight is 440 g/mol. The molecule has 9 heteroatoms. The van der Waals surface area contributed by atoms with Gasteiger partial charge in [-0.1, -0.05) is 30.3 Å². The van der Waals surface area contributed by atoms with E-state index in [0.29, 0.717) is 28.8 Å². The summed E-state index contributed by atoms with van der Waals surface area (Å²) < 4.78 is 5.73. The predicted molar refractivity (Wildman–Crippen MR) is 113 cm³/mol. The number of hydrogen-bond acceptors (Lipinski definition) is 7. The molecule has 30 heavy (non-hydrogen) atoms. The van der Waals surface area contributed by atoms with Crippen LogP contribution in [0.1, 0.15) is 21.5 Å². The van der Waals surface area contributed by atoms with Gasteiger partial charge >= 0.3 is 0 Å². The fourth-order valence-electron chi connectivity index (χ4n) is 3.21. The Kier molecular flexibility index (Phi) is 6.08. The van der Waals surface area contributed by atoms with E-state index in [9.17, 15) is 14.4 Å². The van der Waals surface area contributed by atoms with Crippen molar-refractivity contribution < 1.29 is 19.1 Å². The Bertz CT molecular complexity index is 1040. The molecular formula is C21H17N3O4S2. The highest BCUT2D eigenvalue weighted by Gasteiger charge is 2.40. The molecule has 2 aromatic rings. The molecule has 1 atom stereocenters. The first kappa shape index (κ1) is 20.5. The molecule has 0 radical (unpaired) electrons. The molecule has 0 N–H and O–H groups in total. The van der Waals surface area contributed by atoms with Crippen LogP contribution in [-0.4, -0.2) is 51.3 Å². The number of thioether (sulfide) groups is 2. The van der Waals surface area contributed by atoms with Crippen LogP contribution in [0.4, 0.5) is 4.79 Å². The van der Waals surface area contributed by atoms with Crippen LogP contribution < -0.4 is 0 Å². The van der Waals surface area contributed by atoms with E-state index in [0.717, 1.165) is 10.5 Å². The largest absolute Gasteiger partial charge is 0.348 e. The minimum atomic E-state index is -0.965. The van der Waals surface area contributed by atoms with E-state index >= 15 is 0 Å². The van der Waals surface area contributed by atoms with Crippen LogP contribution >= 0.6 is 23.5 Å². The van der Waals surface area contributed by atoms with Crippen molar-refractivity contribution >= 4 is 39.8 Å². The van der Waals surface area contributed by atoms with Gasteiger partial charge < -0.3 is 9.64 Å². The Morgan fingerprint density at radius 1 is 1.13 bits per heavy atom. The van der Waals surface area contributed by atoms with Gasteiger partial charge in [0, 0.05) is 29.7 Å². The topological polar surface area (TPSA) is 90.7 Å². The molecule has 0 aromatic heterocycles. The summed E-state index contributed by atoms with van der Waals surface area (Å²) in [5.41, 5.74) is 1.84. The zero-order chi connectivity index (χ0) is 21.1. The van der Waals surface area contributed by atoms with Gasteiger partial charge in [0.25, 0.3) is 11.1 Å². The van der Waals surface area contributed by atoms with E-state index in [1.165, 1.54) is 16.7 Å². The molecular weight excluding hydrogens is 422 g/mol. The molecule has 0 spiro atoms. The smallest absolute Gasteiger partial charge is 0.292 e. The summed E-state index contributed by atoms with van der Waals surface area (Å²) in [6, 6.07) is 16.5. The summed E-state index contributed by atoms with van der Waals surface area (Å²) in [5.74, 6) is 0.287. The lowest BCUT2D eigenvalue weighted by Gasteiger charge is -2.29. The third-order valence-corrected chi connectivity index (χ3v) is 6.66. The van der Waals surface area contributed by atoms with Crippen molar-refractivity contribution in [1.82, 2.24) is 9.80 Å². The molecule has 152 valence electrons.